The minimum atomic E-state index is 0.528. The Kier molecular flexibility index (Phi) is 4.18. The maximum Gasteiger partial charge on any atom is 0.0410 e. The average Bonchev–Trinajstić information content (AvgIpc) is 2.48. The van der Waals surface area contributed by atoms with Crippen molar-refractivity contribution in [2.75, 3.05) is 13.1 Å². The highest BCUT2D eigenvalue weighted by Gasteiger charge is 2.27. The Morgan fingerprint density at radius 2 is 1.90 bits per heavy atom. The molecule has 1 fully saturated rings. The molecule has 0 spiro atoms. The molecule has 1 aliphatic rings. The molecule has 1 N–H and O–H groups in total. The minimum absolute atomic E-state index is 0.528. The number of benzene rings is 1. The van der Waals surface area contributed by atoms with E-state index in [1.807, 2.05) is 12.4 Å². The van der Waals surface area contributed by atoms with E-state index < -0.39 is 0 Å². The van der Waals surface area contributed by atoms with Crippen LogP contribution in [0, 0.1) is 6.92 Å². The van der Waals surface area contributed by atoms with Crippen molar-refractivity contribution in [1.82, 2.24) is 10.3 Å². The maximum absolute atomic E-state index is 4.33. The topological polar surface area (TPSA) is 24.9 Å². The molecule has 2 heterocycles. The summed E-state index contributed by atoms with van der Waals surface area (Å²) in [6.07, 6.45) is 5.03. The van der Waals surface area contributed by atoms with Crippen LogP contribution in [0.3, 0.4) is 0 Å². The molecule has 3 rings (SSSR count). The van der Waals surface area contributed by atoms with Crippen LogP contribution >= 0.6 is 15.9 Å². The largest absolute Gasteiger partial charge is 0.316 e. The van der Waals surface area contributed by atoms with Crippen LogP contribution in [0.25, 0.3) is 0 Å². The number of nitrogens with zero attached hydrogens (tertiary/aromatic N) is 1. The molecule has 20 heavy (non-hydrogen) atoms. The van der Waals surface area contributed by atoms with Crippen molar-refractivity contribution in [2.24, 2.45) is 0 Å². The Morgan fingerprint density at radius 1 is 1.10 bits per heavy atom. The predicted octanol–water partition coefficient (Wildman–Crippen LogP) is 4.01. The Balaban J connectivity index is 1.93. The van der Waals surface area contributed by atoms with Gasteiger partial charge >= 0.3 is 0 Å². The highest BCUT2D eigenvalue weighted by Crippen LogP contribution is 2.37. The van der Waals surface area contributed by atoms with Crippen molar-refractivity contribution < 1.29 is 0 Å². The first-order valence-electron chi connectivity index (χ1n) is 7.12. The van der Waals surface area contributed by atoms with Gasteiger partial charge in [0.2, 0.25) is 0 Å². The zero-order chi connectivity index (χ0) is 13.9. The van der Waals surface area contributed by atoms with E-state index in [1.54, 1.807) is 0 Å². The summed E-state index contributed by atoms with van der Waals surface area (Å²) in [6.45, 7) is 4.26. The van der Waals surface area contributed by atoms with Gasteiger partial charge in [-0.15, -0.1) is 0 Å². The number of aromatic nitrogens is 1. The lowest BCUT2D eigenvalue weighted by atomic mass is 9.78. The van der Waals surface area contributed by atoms with Gasteiger partial charge in [0, 0.05) is 29.3 Å². The smallest absolute Gasteiger partial charge is 0.0410 e. The molecule has 2 atom stereocenters. The molecule has 0 amide bonds. The summed E-state index contributed by atoms with van der Waals surface area (Å²) in [7, 11) is 0. The first kappa shape index (κ1) is 13.8. The van der Waals surface area contributed by atoms with Crippen LogP contribution < -0.4 is 5.32 Å². The van der Waals surface area contributed by atoms with E-state index in [1.165, 1.54) is 16.7 Å². The van der Waals surface area contributed by atoms with Crippen molar-refractivity contribution in [3.05, 3.63) is 63.9 Å². The SMILES string of the molecule is Cc1ccc(C2CNCCC2c2cncc(Br)c2)cc1. The number of nitrogens with one attached hydrogen (secondary N) is 1. The van der Waals surface area contributed by atoms with Crippen LogP contribution in [0.4, 0.5) is 0 Å². The summed E-state index contributed by atoms with van der Waals surface area (Å²) in [5.41, 5.74) is 4.08. The number of aryl methyl sites for hydroxylation is 1. The molecule has 1 saturated heterocycles. The molecular weight excluding hydrogens is 312 g/mol. The zero-order valence-corrected chi connectivity index (χ0v) is 13.2. The maximum atomic E-state index is 4.33. The van der Waals surface area contributed by atoms with Crippen molar-refractivity contribution in [3.63, 3.8) is 0 Å². The summed E-state index contributed by atoms with van der Waals surface area (Å²) in [4.78, 5) is 4.33. The Bertz CT molecular complexity index is 580. The van der Waals surface area contributed by atoms with Crippen LogP contribution in [-0.4, -0.2) is 18.1 Å². The number of piperidine rings is 1. The number of hydrogen-bond acceptors (Lipinski definition) is 2. The lowest BCUT2D eigenvalue weighted by Crippen LogP contribution is -2.34. The predicted molar refractivity (Wildman–Crippen MR) is 86.1 cm³/mol. The second-order valence-electron chi connectivity index (χ2n) is 5.55. The quantitative estimate of drug-likeness (QED) is 0.899. The van der Waals surface area contributed by atoms with Gasteiger partial charge in [-0.25, -0.2) is 0 Å². The summed E-state index contributed by atoms with van der Waals surface area (Å²) < 4.78 is 1.07. The van der Waals surface area contributed by atoms with E-state index >= 15 is 0 Å². The molecule has 2 unspecified atom stereocenters. The van der Waals surface area contributed by atoms with E-state index in [-0.39, 0.29) is 0 Å². The fourth-order valence-corrected chi connectivity index (χ4v) is 3.43. The van der Waals surface area contributed by atoms with Crippen LogP contribution in [0.1, 0.15) is 34.9 Å². The molecule has 1 aliphatic heterocycles. The third-order valence-electron chi connectivity index (χ3n) is 4.14. The number of halogens is 1. The van der Waals surface area contributed by atoms with E-state index in [9.17, 15) is 0 Å². The molecule has 2 nitrogen and oxygen atoms in total. The van der Waals surface area contributed by atoms with Crippen LogP contribution in [0.5, 0.6) is 0 Å². The molecule has 0 aliphatic carbocycles. The second-order valence-corrected chi connectivity index (χ2v) is 6.47. The highest BCUT2D eigenvalue weighted by atomic mass is 79.9. The third-order valence-corrected chi connectivity index (χ3v) is 4.58. The Morgan fingerprint density at radius 3 is 2.65 bits per heavy atom. The Labute approximate surface area is 128 Å². The van der Waals surface area contributed by atoms with Gasteiger partial charge in [-0.3, -0.25) is 4.98 Å². The highest BCUT2D eigenvalue weighted by molar-refractivity contribution is 9.10. The van der Waals surface area contributed by atoms with Crippen molar-refractivity contribution in [2.45, 2.75) is 25.2 Å². The fourth-order valence-electron chi connectivity index (χ4n) is 3.05. The Hall–Kier alpha value is -1.19. The average molecular weight is 331 g/mol. The first-order chi connectivity index (χ1) is 9.74. The summed E-state index contributed by atoms with van der Waals surface area (Å²) >= 11 is 3.54. The molecule has 1 aromatic carbocycles. The van der Waals surface area contributed by atoms with E-state index in [0.29, 0.717) is 11.8 Å². The van der Waals surface area contributed by atoms with Crippen LogP contribution in [-0.2, 0) is 0 Å². The molecule has 0 bridgehead atoms. The van der Waals surface area contributed by atoms with E-state index in [4.69, 9.17) is 0 Å². The molecule has 1 aromatic heterocycles. The number of pyridine rings is 1. The lowest BCUT2D eigenvalue weighted by Gasteiger charge is -2.33. The summed E-state index contributed by atoms with van der Waals surface area (Å²) in [5, 5.41) is 3.53. The van der Waals surface area contributed by atoms with E-state index in [0.717, 1.165) is 24.0 Å². The standard InChI is InChI=1S/C17H19BrN2/c1-12-2-4-13(5-3-12)17-11-19-7-6-16(17)14-8-15(18)10-20-9-14/h2-5,8-10,16-17,19H,6-7,11H2,1H3. The number of hydrogen-bond donors (Lipinski definition) is 1. The van der Waals surface area contributed by atoms with Crippen LogP contribution in [0.2, 0.25) is 0 Å². The van der Waals surface area contributed by atoms with Gasteiger partial charge in [0.05, 0.1) is 0 Å². The van der Waals surface area contributed by atoms with Crippen molar-refractivity contribution in [3.8, 4) is 0 Å². The van der Waals surface area contributed by atoms with Gasteiger partial charge < -0.3 is 5.32 Å². The molecule has 0 saturated carbocycles. The van der Waals surface area contributed by atoms with Gasteiger partial charge in [0.1, 0.15) is 0 Å². The monoisotopic (exact) mass is 330 g/mol. The fraction of sp³-hybridized carbons (Fsp3) is 0.353. The molecule has 104 valence electrons. The first-order valence-corrected chi connectivity index (χ1v) is 7.91. The molecule has 0 radical (unpaired) electrons. The normalized spacial score (nSPS) is 22.7. The molecule has 3 heteroatoms. The van der Waals surface area contributed by atoms with Gasteiger partial charge in [0.15, 0.2) is 0 Å². The van der Waals surface area contributed by atoms with Gasteiger partial charge in [-0.2, -0.15) is 0 Å². The molecule has 2 aromatic rings. The summed E-state index contributed by atoms with van der Waals surface area (Å²) in [6, 6.07) is 11.2. The van der Waals surface area contributed by atoms with Crippen molar-refractivity contribution >= 4 is 15.9 Å². The summed E-state index contributed by atoms with van der Waals surface area (Å²) in [5.74, 6) is 1.07. The molecular formula is C17H19BrN2. The van der Waals surface area contributed by atoms with Crippen molar-refractivity contribution in [1.29, 1.82) is 0 Å². The third kappa shape index (κ3) is 2.94. The lowest BCUT2D eigenvalue weighted by molar-refractivity contribution is 0.403. The van der Waals surface area contributed by atoms with Gasteiger partial charge in [-0.05, 0) is 58.9 Å². The second kappa shape index (κ2) is 6.06. The number of rotatable bonds is 2. The van der Waals surface area contributed by atoms with E-state index in [2.05, 4.69) is 63.5 Å². The minimum Gasteiger partial charge on any atom is -0.316 e. The van der Waals surface area contributed by atoms with Crippen LogP contribution in [0.15, 0.2) is 47.2 Å². The van der Waals surface area contributed by atoms with Gasteiger partial charge in [-0.1, -0.05) is 29.8 Å². The van der Waals surface area contributed by atoms with Gasteiger partial charge in [0.25, 0.3) is 0 Å². The zero-order valence-electron chi connectivity index (χ0n) is 11.6.